The summed E-state index contributed by atoms with van der Waals surface area (Å²) in [5.41, 5.74) is 3.06. The lowest BCUT2D eigenvalue weighted by Crippen LogP contribution is -2.20. The van der Waals surface area contributed by atoms with Gasteiger partial charge in [0.25, 0.3) is 5.91 Å². The number of benzene rings is 2. The highest BCUT2D eigenvalue weighted by atomic mass is 32.1. The smallest absolute Gasteiger partial charge is 0.252 e. The summed E-state index contributed by atoms with van der Waals surface area (Å²) in [6, 6.07) is 11.9. The van der Waals surface area contributed by atoms with Crippen LogP contribution in [0.4, 0.5) is 0 Å². The van der Waals surface area contributed by atoms with Crippen LogP contribution < -0.4 is 14.3 Å². The van der Waals surface area contributed by atoms with E-state index < -0.39 is 0 Å². The van der Waals surface area contributed by atoms with Crippen molar-refractivity contribution in [3.8, 4) is 11.5 Å². The molecule has 30 heavy (non-hydrogen) atoms. The zero-order valence-electron chi connectivity index (χ0n) is 18.1. The average Bonchev–Trinajstić information content (AvgIpc) is 3.09. The summed E-state index contributed by atoms with van der Waals surface area (Å²) in [5.74, 6) is 1.70. The average molecular weight is 429 g/mol. The van der Waals surface area contributed by atoms with Gasteiger partial charge in [-0.25, -0.2) is 0 Å². The first-order valence-electron chi connectivity index (χ1n) is 9.88. The maximum Gasteiger partial charge on any atom is 0.252 e. The molecule has 0 saturated heterocycles. The molecule has 160 valence electrons. The van der Waals surface area contributed by atoms with E-state index >= 15 is 0 Å². The van der Waals surface area contributed by atoms with Crippen LogP contribution in [0.5, 0.6) is 11.5 Å². The van der Waals surface area contributed by atoms with Crippen molar-refractivity contribution in [3.63, 3.8) is 0 Å². The summed E-state index contributed by atoms with van der Waals surface area (Å²) < 4.78 is 19.2. The molecule has 7 heteroatoms. The fourth-order valence-electron chi connectivity index (χ4n) is 3.27. The normalized spacial score (nSPS) is 12.0. The van der Waals surface area contributed by atoms with E-state index in [1.807, 2.05) is 28.8 Å². The number of thiazole rings is 1. The highest BCUT2D eigenvalue weighted by Crippen LogP contribution is 2.35. The molecule has 1 aromatic heterocycles. The van der Waals surface area contributed by atoms with Crippen LogP contribution in [0.1, 0.15) is 30.9 Å². The first kappa shape index (κ1) is 22.1. The molecule has 1 heterocycles. The first-order chi connectivity index (χ1) is 14.5. The summed E-state index contributed by atoms with van der Waals surface area (Å²) in [6.45, 7) is 5.34. The lowest BCUT2D eigenvalue weighted by Gasteiger charge is -2.09. The van der Waals surface area contributed by atoms with Gasteiger partial charge in [-0.3, -0.25) is 4.79 Å². The van der Waals surface area contributed by atoms with Gasteiger partial charge in [-0.2, -0.15) is 4.99 Å². The van der Waals surface area contributed by atoms with E-state index in [4.69, 9.17) is 14.2 Å². The second kappa shape index (κ2) is 9.91. The minimum absolute atomic E-state index is 0.192. The summed E-state index contributed by atoms with van der Waals surface area (Å²) in [6.07, 6.45) is 0.255. The van der Waals surface area contributed by atoms with Gasteiger partial charge < -0.3 is 18.8 Å². The first-order valence-corrected chi connectivity index (χ1v) is 10.7. The molecule has 0 unspecified atom stereocenters. The van der Waals surface area contributed by atoms with Crippen LogP contribution in [0.2, 0.25) is 0 Å². The van der Waals surface area contributed by atoms with E-state index in [2.05, 4.69) is 31.0 Å². The van der Waals surface area contributed by atoms with E-state index in [-0.39, 0.29) is 12.3 Å². The highest BCUT2D eigenvalue weighted by Gasteiger charge is 2.16. The maximum absolute atomic E-state index is 12.7. The largest absolute Gasteiger partial charge is 0.495 e. The second-order valence-corrected chi connectivity index (χ2v) is 8.23. The summed E-state index contributed by atoms with van der Waals surface area (Å²) in [5, 5.41) is 0. The van der Waals surface area contributed by atoms with Crippen LogP contribution in [0, 0.1) is 0 Å². The molecule has 0 fully saturated rings. The van der Waals surface area contributed by atoms with Crippen molar-refractivity contribution in [1.82, 2.24) is 4.57 Å². The Bertz CT molecular complexity index is 1080. The molecule has 0 radical (unpaired) electrons. The number of carbonyl (C=O) groups excluding carboxylic acids is 1. The Morgan fingerprint density at radius 3 is 2.30 bits per heavy atom. The zero-order valence-corrected chi connectivity index (χ0v) is 18.9. The van der Waals surface area contributed by atoms with Crippen LogP contribution in [0.15, 0.2) is 41.4 Å². The third-order valence-electron chi connectivity index (χ3n) is 4.93. The molecule has 0 aliphatic carbocycles. The molecule has 0 N–H and O–H groups in total. The SMILES string of the molecule is COCCn1c(=NC(=O)Cc2ccc(C(C)C)cc2)sc2c(OC)ccc(OC)c21. The van der Waals surface area contributed by atoms with E-state index in [1.165, 1.54) is 16.9 Å². The standard InChI is InChI=1S/C23H28N2O4S/c1-15(2)17-8-6-16(7-9-17)14-20(26)24-23-25(12-13-27-3)21-18(28-4)10-11-19(29-5)22(21)30-23/h6-11,15H,12-14H2,1-5H3. The summed E-state index contributed by atoms with van der Waals surface area (Å²) >= 11 is 1.42. The molecule has 3 aromatic rings. The van der Waals surface area contributed by atoms with Crippen LogP contribution in [-0.2, 0) is 22.5 Å². The predicted molar refractivity (Wildman–Crippen MR) is 120 cm³/mol. The number of aromatic nitrogens is 1. The van der Waals surface area contributed by atoms with Crippen LogP contribution >= 0.6 is 11.3 Å². The number of carbonyl (C=O) groups is 1. The van der Waals surface area contributed by atoms with E-state index in [0.717, 1.165) is 21.5 Å². The number of fused-ring (bicyclic) bond motifs is 1. The van der Waals surface area contributed by atoms with Crippen molar-refractivity contribution in [1.29, 1.82) is 0 Å². The zero-order chi connectivity index (χ0) is 21.7. The number of hydrogen-bond acceptors (Lipinski definition) is 5. The lowest BCUT2D eigenvalue weighted by molar-refractivity contribution is -0.117. The Morgan fingerprint density at radius 1 is 1.03 bits per heavy atom. The number of ether oxygens (including phenoxy) is 3. The molecule has 0 spiro atoms. The van der Waals surface area contributed by atoms with Gasteiger partial charge in [0.15, 0.2) is 4.80 Å². The Kier molecular flexibility index (Phi) is 7.29. The predicted octanol–water partition coefficient (Wildman–Crippen LogP) is 4.16. The molecule has 0 aliphatic rings. The summed E-state index contributed by atoms with van der Waals surface area (Å²) in [7, 11) is 4.90. The molecule has 3 rings (SSSR count). The van der Waals surface area contributed by atoms with Crippen molar-refractivity contribution < 1.29 is 19.0 Å². The van der Waals surface area contributed by atoms with Gasteiger partial charge in [0.2, 0.25) is 0 Å². The van der Waals surface area contributed by atoms with Gasteiger partial charge >= 0.3 is 0 Å². The van der Waals surface area contributed by atoms with Crippen LogP contribution in [0.3, 0.4) is 0 Å². The number of methoxy groups -OCH3 is 3. The Labute approximate surface area is 180 Å². The van der Waals surface area contributed by atoms with Gasteiger partial charge in [0.05, 0.1) is 27.2 Å². The number of nitrogens with zero attached hydrogens (tertiary/aromatic N) is 2. The fraction of sp³-hybridized carbons (Fsp3) is 0.391. The third-order valence-corrected chi connectivity index (χ3v) is 6.03. The summed E-state index contributed by atoms with van der Waals surface area (Å²) in [4.78, 5) is 17.8. The molecule has 0 atom stereocenters. The molecule has 0 saturated carbocycles. The van der Waals surface area contributed by atoms with E-state index in [0.29, 0.717) is 29.6 Å². The molecule has 6 nitrogen and oxygen atoms in total. The van der Waals surface area contributed by atoms with Gasteiger partial charge in [0.1, 0.15) is 21.7 Å². The minimum atomic E-state index is -0.192. The lowest BCUT2D eigenvalue weighted by atomic mass is 10.0. The number of amides is 1. The topological polar surface area (TPSA) is 62.1 Å². The van der Waals surface area contributed by atoms with Gasteiger partial charge in [-0.1, -0.05) is 49.4 Å². The van der Waals surface area contributed by atoms with Crippen molar-refractivity contribution >= 4 is 27.5 Å². The molecule has 2 aromatic carbocycles. The minimum Gasteiger partial charge on any atom is -0.495 e. The van der Waals surface area contributed by atoms with Gasteiger partial charge in [0, 0.05) is 13.7 Å². The van der Waals surface area contributed by atoms with Crippen molar-refractivity contribution in [3.05, 3.63) is 52.3 Å². The quantitative estimate of drug-likeness (QED) is 0.541. The van der Waals surface area contributed by atoms with E-state index in [1.54, 1.807) is 21.3 Å². The van der Waals surface area contributed by atoms with Crippen molar-refractivity contribution in [2.45, 2.75) is 32.7 Å². The molecular formula is C23H28N2O4S. The fourth-order valence-corrected chi connectivity index (χ4v) is 4.45. The van der Waals surface area contributed by atoms with Crippen molar-refractivity contribution in [2.24, 2.45) is 4.99 Å². The number of rotatable bonds is 8. The Morgan fingerprint density at radius 2 is 1.70 bits per heavy atom. The molecular weight excluding hydrogens is 400 g/mol. The van der Waals surface area contributed by atoms with Gasteiger partial charge in [-0.05, 0) is 29.2 Å². The number of hydrogen-bond donors (Lipinski definition) is 0. The molecule has 0 bridgehead atoms. The third kappa shape index (κ3) is 4.74. The second-order valence-electron chi connectivity index (χ2n) is 7.26. The van der Waals surface area contributed by atoms with Crippen molar-refractivity contribution in [2.75, 3.05) is 27.9 Å². The molecule has 1 amide bonds. The van der Waals surface area contributed by atoms with Crippen LogP contribution in [0.25, 0.3) is 10.2 Å². The van der Waals surface area contributed by atoms with Crippen LogP contribution in [-0.4, -0.2) is 38.4 Å². The Hall–Kier alpha value is -2.64. The highest BCUT2D eigenvalue weighted by molar-refractivity contribution is 7.16. The molecule has 0 aliphatic heterocycles. The maximum atomic E-state index is 12.7. The monoisotopic (exact) mass is 428 g/mol. The van der Waals surface area contributed by atoms with Gasteiger partial charge in [-0.15, -0.1) is 0 Å². The Balaban J connectivity index is 2.02. The van der Waals surface area contributed by atoms with E-state index in [9.17, 15) is 4.79 Å².